The molecule has 0 spiro atoms. The Hall–Kier alpha value is -1.62. The predicted octanol–water partition coefficient (Wildman–Crippen LogP) is 3.16. The van der Waals surface area contributed by atoms with Crippen LogP contribution >= 0.6 is 15.9 Å². The molecule has 4 nitrogen and oxygen atoms in total. The fourth-order valence-corrected chi connectivity index (χ4v) is 2.20. The van der Waals surface area contributed by atoms with Gasteiger partial charge in [0.1, 0.15) is 0 Å². The lowest BCUT2D eigenvalue weighted by Crippen LogP contribution is -1.98. The van der Waals surface area contributed by atoms with E-state index in [4.69, 9.17) is 5.11 Å². The number of aromatic nitrogens is 2. The highest BCUT2D eigenvalue weighted by atomic mass is 79.9. The summed E-state index contributed by atoms with van der Waals surface area (Å²) in [6, 6.07) is 6.00. The first-order valence-corrected chi connectivity index (χ1v) is 6.38. The minimum atomic E-state index is -0.798. The molecule has 0 aliphatic heterocycles. The van der Waals surface area contributed by atoms with Crippen molar-refractivity contribution in [2.75, 3.05) is 0 Å². The average molecular weight is 309 g/mol. The monoisotopic (exact) mass is 308 g/mol. The van der Waals surface area contributed by atoms with Gasteiger partial charge in [-0.2, -0.15) is 5.10 Å². The number of aliphatic carboxylic acids is 1. The summed E-state index contributed by atoms with van der Waals surface area (Å²) in [5, 5.41) is 15.7. The molecule has 0 aliphatic carbocycles. The Morgan fingerprint density at radius 1 is 1.50 bits per heavy atom. The third-order valence-corrected chi connectivity index (χ3v) is 3.29. The van der Waals surface area contributed by atoms with Crippen molar-refractivity contribution in [3.05, 3.63) is 40.0 Å². The summed E-state index contributed by atoms with van der Waals surface area (Å²) in [4.78, 5) is 10.6. The van der Waals surface area contributed by atoms with Crippen molar-refractivity contribution in [1.29, 1.82) is 0 Å². The number of hydrogen-bond acceptors (Lipinski definition) is 2. The molecule has 0 aliphatic rings. The summed E-state index contributed by atoms with van der Waals surface area (Å²) in [6.07, 6.45) is 2.28. The smallest absolute Gasteiger partial charge is 0.303 e. The number of benzene rings is 1. The molecule has 5 heteroatoms. The van der Waals surface area contributed by atoms with E-state index in [2.05, 4.69) is 26.1 Å². The number of carbonyl (C=O) groups is 1. The number of halogens is 1. The molecule has 2 rings (SSSR count). The van der Waals surface area contributed by atoms with Crippen LogP contribution in [0.1, 0.15) is 17.5 Å². The predicted molar refractivity (Wildman–Crippen MR) is 72.4 cm³/mol. The zero-order chi connectivity index (χ0) is 13.1. The molecule has 0 fully saturated rings. The van der Waals surface area contributed by atoms with Crippen LogP contribution in [-0.4, -0.2) is 21.3 Å². The molecule has 0 radical (unpaired) electrons. The van der Waals surface area contributed by atoms with Crippen LogP contribution in [0.3, 0.4) is 0 Å². The zero-order valence-corrected chi connectivity index (χ0v) is 11.5. The largest absolute Gasteiger partial charge is 0.481 e. The second kappa shape index (κ2) is 5.35. The molecular formula is C13H13BrN2O2. The van der Waals surface area contributed by atoms with Gasteiger partial charge in [-0.05, 0) is 36.6 Å². The highest BCUT2D eigenvalue weighted by Crippen LogP contribution is 2.28. The fourth-order valence-electron chi connectivity index (χ4n) is 1.84. The fraction of sp³-hybridized carbons (Fsp3) is 0.231. The van der Waals surface area contributed by atoms with Crippen LogP contribution in [0.25, 0.3) is 11.3 Å². The number of carboxylic acids is 1. The van der Waals surface area contributed by atoms with Crippen LogP contribution in [0.4, 0.5) is 0 Å². The van der Waals surface area contributed by atoms with Crippen LogP contribution < -0.4 is 0 Å². The van der Waals surface area contributed by atoms with E-state index in [1.54, 1.807) is 6.20 Å². The van der Waals surface area contributed by atoms with Gasteiger partial charge in [-0.1, -0.05) is 22.0 Å². The molecule has 1 heterocycles. The van der Waals surface area contributed by atoms with Crippen molar-refractivity contribution in [1.82, 2.24) is 10.2 Å². The summed E-state index contributed by atoms with van der Waals surface area (Å²) in [5.74, 6) is -0.798. The summed E-state index contributed by atoms with van der Waals surface area (Å²) in [5.41, 5.74) is 4.00. The van der Waals surface area contributed by atoms with E-state index in [1.807, 2.05) is 25.1 Å². The number of aromatic amines is 1. The summed E-state index contributed by atoms with van der Waals surface area (Å²) in [7, 11) is 0. The Balaban J connectivity index is 2.36. The van der Waals surface area contributed by atoms with Crippen LogP contribution in [0.5, 0.6) is 0 Å². The van der Waals surface area contributed by atoms with Crippen LogP contribution in [0.2, 0.25) is 0 Å². The Bertz CT molecular complexity index is 578. The third-order valence-electron chi connectivity index (χ3n) is 2.80. The molecule has 0 bridgehead atoms. The molecular weight excluding hydrogens is 296 g/mol. The number of nitrogens with zero attached hydrogens (tertiary/aromatic N) is 1. The summed E-state index contributed by atoms with van der Waals surface area (Å²) in [6.45, 7) is 2.02. The molecule has 0 unspecified atom stereocenters. The molecule has 0 saturated heterocycles. The van der Waals surface area contributed by atoms with Gasteiger partial charge in [0.2, 0.25) is 0 Å². The summed E-state index contributed by atoms with van der Waals surface area (Å²) >= 11 is 3.44. The topological polar surface area (TPSA) is 66.0 Å². The first kappa shape index (κ1) is 12.8. The SMILES string of the molecule is Cc1ccc(Br)cc1-c1[nH]ncc1CCC(=O)O. The molecule has 2 N–H and O–H groups in total. The van der Waals surface area contributed by atoms with Crippen molar-refractivity contribution in [3.63, 3.8) is 0 Å². The number of nitrogens with one attached hydrogen (secondary N) is 1. The quantitative estimate of drug-likeness (QED) is 0.911. The maximum atomic E-state index is 10.6. The molecule has 2 aromatic rings. The second-order valence-electron chi connectivity index (χ2n) is 4.12. The number of rotatable bonds is 4. The molecule has 94 valence electrons. The minimum absolute atomic E-state index is 0.111. The first-order valence-electron chi connectivity index (χ1n) is 5.58. The lowest BCUT2D eigenvalue weighted by Gasteiger charge is -2.06. The number of aryl methyl sites for hydroxylation is 2. The van der Waals surface area contributed by atoms with Gasteiger partial charge in [-0.15, -0.1) is 0 Å². The van der Waals surface area contributed by atoms with Gasteiger partial charge < -0.3 is 5.11 Å². The standard InChI is InChI=1S/C13H13BrN2O2/c1-8-2-4-10(14)6-11(8)13-9(7-15-16-13)3-5-12(17)18/h2,4,6-7H,3,5H2,1H3,(H,15,16)(H,17,18). The van der Waals surface area contributed by atoms with Gasteiger partial charge in [0.25, 0.3) is 0 Å². The van der Waals surface area contributed by atoms with E-state index in [-0.39, 0.29) is 6.42 Å². The number of H-pyrrole nitrogens is 1. The highest BCUT2D eigenvalue weighted by Gasteiger charge is 2.11. The van der Waals surface area contributed by atoms with Crippen molar-refractivity contribution in [3.8, 4) is 11.3 Å². The van der Waals surface area contributed by atoms with Gasteiger partial charge in [0.15, 0.2) is 0 Å². The Kier molecular flexibility index (Phi) is 3.81. The average Bonchev–Trinajstić information content (AvgIpc) is 2.77. The second-order valence-corrected chi connectivity index (χ2v) is 5.04. The Labute approximate surface area is 113 Å². The van der Waals surface area contributed by atoms with Gasteiger partial charge in [0, 0.05) is 16.5 Å². The minimum Gasteiger partial charge on any atom is -0.481 e. The van der Waals surface area contributed by atoms with Gasteiger partial charge in [-0.25, -0.2) is 0 Å². The van der Waals surface area contributed by atoms with Crippen molar-refractivity contribution < 1.29 is 9.90 Å². The van der Waals surface area contributed by atoms with E-state index < -0.39 is 5.97 Å². The van der Waals surface area contributed by atoms with Crippen LogP contribution in [-0.2, 0) is 11.2 Å². The first-order chi connectivity index (χ1) is 8.58. The Morgan fingerprint density at radius 3 is 3.00 bits per heavy atom. The highest BCUT2D eigenvalue weighted by molar-refractivity contribution is 9.10. The lowest BCUT2D eigenvalue weighted by molar-refractivity contribution is -0.136. The molecule has 0 saturated carbocycles. The molecule has 1 aromatic carbocycles. The van der Waals surface area contributed by atoms with Gasteiger partial charge >= 0.3 is 5.97 Å². The van der Waals surface area contributed by atoms with Gasteiger partial charge in [-0.3, -0.25) is 9.89 Å². The van der Waals surface area contributed by atoms with Crippen LogP contribution in [0, 0.1) is 6.92 Å². The van der Waals surface area contributed by atoms with Gasteiger partial charge in [0.05, 0.1) is 11.9 Å². The summed E-state index contributed by atoms with van der Waals surface area (Å²) < 4.78 is 0.988. The maximum absolute atomic E-state index is 10.6. The maximum Gasteiger partial charge on any atom is 0.303 e. The number of hydrogen-bond donors (Lipinski definition) is 2. The van der Waals surface area contributed by atoms with E-state index in [0.29, 0.717) is 6.42 Å². The molecule has 0 amide bonds. The Morgan fingerprint density at radius 2 is 2.28 bits per heavy atom. The third kappa shape index (κ3) is 2.79. The lowest BCUT2D eigenvalue weighted by atomic mass is 10.0. The zero-order valence-electron chi connectivity index (χ0n) is 9.90. The van der Waals surface area contributed by atoms with E-state index in [9.17, 15) is 4.79 Å². The molecule has 0 atom stereocenters. The normalized spacial score (nSPS) is 10.6. The van der Waals surface area contributed by atoms with E-state index in [1.165, 1.54) is 0 Å². The molecule has 1 aromatic heterocycles. The van der Waals surface area contributed by atoms with E-state index in [0.717, 1.165) is 26.9 Å². The molecule has 18 heavy (non-hydrogen) atoms. The van der Waals surface area contributed by atoms with Crippen molar-refractivity contribution in [2.45, 2.75) is 19.8 Å². The van der Waals surface area contributed by atoms with Crippen molar-refractivity contribution in [2.24, 2.45) is 0 Å². The number of carboxylic acid groups (broad SMARTS) is 1. The van der Waals surface area contributed by atoms with Crippen LogP contribution in [0.15, 0.2) is 28.9 Å². The van der Waals surface area contributed by atoms with Crippen molar-refractivity contribution >= 4 is 21.9 Å². The van der Waals surface area contributed by atoms with E-state index >= 15 is 0 Å².